The van der Waals surface area contributed by atoms with Crippen LogP contribution in [0.2, 0.25) is 10.0 Å². The fourth-order valence-corrected chi connectivity index (χ4v) is 3.86. The molecule has 1 aliphatic carbocycles. The second-order valence-electron chi connectivity index (χ2n) is 7.05. The number of aromatic amines is 1. The van der Waals surface area contributed by atoms with E-state index < -0.39 is 11.5 Å². The number of hydrogen-bond acceptors (Lipinski definition) is 6. The average Bonchev–Trinajstić information content (AvgIpc) is 3.41. The monoisotopic (exact) mass is 434 g/mol. The highest BCUT2D eigenvalue weighted by Crippen LogP contribution is 2.38. The first-order valence-corrected chi connectivity index (χ1v) is 9.70. The summed E-state index contributed by atoms with van der Waals surface area (Å²) in [6.07, 6.45) is 2.34. The zero-order valence-electron chi connectivity index (χ0n) is 15.4. The summed E-state index contributed by atoms with van der Waals surface area (Å²) in [6.45, 7) is 0. The first kappa shape index (κ1) is 19.6. The smallest absolute Gasteiger partial charge is 0.295 e. The van der Waals surface area contributed by atoms with Gasteiger partial charge in [-0.05, 0) is 48.1 Å². The molecular formula is C19H16Cl2N4O4. The minimum absolute atomic E-state index is 0.0495. The van der Waals surface area contributed by atoms with Crippen molar-refractivity contribution < 1.29 is 9.32 Å². The fourth-order valence-electron chi connectivity index (χ4n) is 3.19. The van der Waals surface area contributed by atoms with E-state index in [0.29, 0.717) is 39.2 Å². The van der Waals surface area contributed by atoms with E-state index in [4.69, 9.17) is 23.2 Å². The molecule has 0 amide bonds. The third-order valence-corrected chi connectivity index (χ3v) is 5.46. The Morgan fingerprint density at radius 1 is 1.24 bits per heavy atom. The van der Waals surface area contributed by atoms with Gasteiger partial charge >= 0.3 is 5.76 Å². The number of nitrogens with zero attached hydrogens (tertiary/aromatic N) is 3. The normalized spacial score (nSPS) is 13.6. The molecule has 0 radical (unpaired) electrons. The minimum Gasteiger partial charge on any atom is -0.295 e. The van der Waals surface area contributed by atoms with Crippen LogP contribution in [0.5, 0.6) is 0 Å². The predicted molar refractivity (Wildman–Crippen MR) is 106 cm³/mol. The maximum Gasteiger partial charge on any atom is 0.439 e. The molecule has 0 spiro atoms. The molecule has 0 unspecified atom stereocenters. The largest absolute Gasteiger partial charge is 0.439 e. The Balaban J connectivity index is 1.58. The highest BCUT2D eigenvalue weighted by atomic mass is 35.5. The summed E-state index contributed by atoms with van der Waals surface area (Å²) in [7, 11) is 1.63. The van der Waals surface area contributed by atoms with Crippen molar-refractivity contribution in [2.45, 2.75) is 31.6 Å². The van der Waals surface area contributed by atoms with Gasteiger partial charge in [-0.1, -0.05) is 28.4 Å². The lowest BCUT2D eigenvalue weighted by Crippen LogP contribution is -2.24. The summed E-state index contributed by atoms with van der Waals surface area (Å²) in [5.41, 5.74) is 2.63. The van der Waals surface area contributed by atoms with Crippen LogP contribution in [-0.2, 0) is 19.9 Å². The summed E-state index contributed by atoms with van der Waals surface area (Å²) < 4.78 is 5.68. The van der Waals surface area contributed by atoms with Crippen LogP contribution in [0.1, 0.15) is 51.8 Å². The molecule has 1 aromatic carbocycles. The summed E-state index contributed by atoms with van der Waals surface area (Å²) in [4.78, 5) is 37.6. The van der Waals surface area contributed by atoms with E-state index in [0.717, 1.165) is 18.4 Å². The number of ketones is 1. The number of aromatic nitrogens is 4. The number of H-pyrrole nitrogens is 1. The lowest BCUT2D eigenvalue weighted by molar-refractivity contribution is 0.0980. The minimum atomic E-state index is -0.796. The number of rotatable bonds is 6. The zero-order valence-corrected chi connectivity index (χ0v) is 16.9. The van der Waals surface area contributed by atoms with Crippen molar-refractivity contribution >= 4 is 29.0 Å². The number of carbonyl (C=O) groups is 1. The van der Waals surface area contributed by atoms with E-state index in [2.05, 4.69) is 19.8 Å². The molecule has 3 aromatic rings. The van der Waals surface area contributed by atoms with Gasteiger partial charge in [0, 0.05) is 35.5 Å². The van der Waals surface area contributed by atoms with Gasteiger partial charge in [-0.3, -0.25) is 19.1 Å². The molecule has 0 aliphatic heterocycles. The molecule has 0 saturated heterocycles. The van der Waals surface area contributed by atoms with Crippen molar-refractivity contribution in [1.29, 1.82) is 0 Å². The summed E-state index contributed by atoms with van der Waals surface area (Å²) >= 11 is 12.8. The SMILES string of the molecule is Cn1nc(Cc2c(Cl)cc(CC(=O)c3noc(=O)[nH]3)cc2Cl)cc(C2CC2)c1=O. The summed E-state index contributed by atoms with van der Waals surface area (Å²) in [5.74, 6) is -1.08. The van der Waals surface area contributed by atoms with Gasteiger partial charge < -0.3 is 0 Å². The molecule has 2 heterocycles. The van der Waals surface area contributed by atoms with E-state index in [1.165, 1.54) is 4.68 Å². The average molecular weight is 435 g/mol. The molecule has 0 atom stereocenters. The topological polar surface area (TPSA) is 111 Å². The van der Waals surface area contributed by atoms with E-state index in [1.807, 2.05) is 6.07 Å². The van der Waals surface area contributed by atoms with Gasteiger partial charge in [-0.2, -0.15) is 5.10 Å². The lowest BCUT2D eigenvalue weighted by Gasteiger charge is -2.11. The van der Waals surface area contributed by atoms with Gasteiger partial charge in [0.1, 0.15) is 0 Å². The molecule has 1 fully saturated rings. The van der Waals surface area contributed by atoms with E-state index >= 15 is 0 Å². The van der Waals surface area contributed by atoms with Crippen LogP contribution >= 0.6 is 23.2 Å². The Morgan fingerprint density at radius 3 is 2.52 bits per heavy atom. The standard InChI is InChI=1S/C19H16Cl2N4O4/c1-25-18(27)12(10-2-3-10)7-11(23-25)8-13-14(20)4-9(5-15(13)21)6-16(26)17-22-19(28)29-24-17/h4-5,7,10H,2-3,6,8H2,1H3,(H,22,24,28). The van der Waals surface area contributed by atoms with Crippen molar-refractivity contribution in [3.05, 3.63) is 77.4 Å². The fraction of sp³-hybridized carbons (Fsp3) is 0.316. The molecule has 1 aliphatic rings. The van der Waals surface area contributed by atoms with Crippen LogP contribution in [0, 0.1) is 0 Å². The quantitative estimate of drug-likeness (QED) is 0.596. The first-order chi connectivity index (χ1) is 13.8. The Hall–Kier alpha value is -2.71. The van der Waals surface area contributed by atoms with E-state index in [1.54, 1.807) is 19.2 Å². The summed E-state index contributed by atoms with van der Waals surface area (Å²) in [6, 6.07) is 5.11. The third kappa shape index (κ3) is 4.18. The number of Topliss-reactive ketones (excluding diaryl/α,β-unsaturated/α-hetero) is 1. The van der Waals surface area contributed by atoms with Crippen LogP contribution in [-0.4, -0.2) is 25.7 Å². The van der Waals surface area contributed by atoms with Gasteiger partial charge in [0.15, 0.2) is 0 Å². The van der Waals surface area contributed by atoms with Gasteiger partial charge in [0.2, 0.25) is 11.6 Å². The maximum atomic E-state index is 12.2. The van der Waals surface area contributed by atoms with Gasteiger partial charge in [-0.15, -0.1) is 0 Å². The van der Waals surface area contributed by atoms with E-state index in [9.17, 15) is 14.4 Å². The van der Waals surface area contributed by atoms with Gasteiger partial charge in [0.25, 0.3) is 5.56 Å². The Kier molecular flexibility index (Phi) is 5.14. The van der Waals surface area contributed by atoms with Crippen molar-refractivity contribution in [2.24, 2.45) is 7.05 Å². The number of nitrogens with one attached hydrogen (secondary N) is 1. The molecule has 1 N–H and O–H groups in total. The van der Waals surface area contributed by atoms with Crippen molar-refractivity contribution in [1.82, 2.24) is 19.9 Å². The highest BCUT2D eigenvalue weighted by molar-refractivity contribution is 6.36. The molecule has 0 bridgehead atoms. The predicted octanol–water partition coefficient (Wildman–Crippen LogP) is 2.66. The number of halogens is 2. The second kappa shape index (κ2) is 7.61. The van der Waals surface area contributed by atoms with Gasteiger partial charge in [0.05, 0.1) is 5.69 Å². The van der Waals surface area contributed by atoms with Crippen molar-refractivity contribution in [2.75, 3.05) is 0 Å². The molecule has 10 heteroatoms. The Bertz CT molecular complexity index is 1200. The van der Waals surface area contributed by atoms with Crippen LogP contribution < -0.4 is 11.3 Å². The summed E-state index contributed by atoms with van der Waals surface area (Å²) in [5, 5.41) is 8.47. The number of aryl methyl sites for hydroxylation is 1. The molecule has 29 heavy (non-hydrogen) atoms. The van der Waals surface area contributed by atoms with Crippen LogP contribution in [0.15, 0.2) is 32.3 Å². The molecule has 2 aromatic heterocycles. The zero-order chi connectivity index (χ0) is 20.7. The van der Waals surface area contributed by atoms with Crippen LogP contribution in [0.3, 0.4) is 0 Å². The molecular weight excluding hydrogens is 419 g/mol. The van der Waals surface area contributed by atoms with Crippen molar-refractivity contribution in [3.63, 3.8) is 0 Å². The Labute approximate surface area is 174 Å². The number of carbonyl (C=O) groups excluding carboxylic acids is 1. The first-order valence-electron chi connectivity index (χ1n) is 8.95. The van der Waals surface area contributed by atoms with Crippen LogP contribution in [0.4, 0.5) is 0 Å². The molecule has 150 valence electrons. The highest BCUT2D eigenvalue weighted by Gasteiger charge is 2.27. The maximum absolute atomic E-state index is 12.2. The number of benzene rings is 1. The van der Waals surface area contributed by atoms with Crippen molar-refractivity contribution in [3.8, 4) is 0 Å². The van der Waals surface area contributed by atoms with Crippen LogP contribution in [0.25, 0.3) is 0 Å². The molecule has 4 rings (SSSR count). The Morgan fingerprint density at radius 2 is 1.93 bits per heavy atom. The molecule has 8 nitrogen and oxygen atoms in total. The third-order valence-electron chi connectivity index (χ3n) is 4.79. The second-order valence-corrected chi connectivity index (χ2v) is 7.87. The van der Waals surface area contributed by atoms with E-state index in [-0.39, 0.29) is 17.8 Å². The van der Waals surface area contributed by atoms with Gasteiger partial charge in [-0.25, -0.2) is 9.48 Å². The lowest BCUT2D eigenvalue weighted by atomic mass is 10.0. The number of hydrogen-bond donors (Lipinski definition) is 1. The molecule has 1 saturated carbocycles.